The maximum Gasteiger partial charge on any atom is 0.254 e. The number of hydrogen-bond acceptors (Lipinski definition) is 4. The van der Waals surface area contributed by atoms with Crippen LogP contribution in [-0.2, 0) is 9.53 Å². The molecule has 0 aromatic heterocycles. The van der Waals surface area contributed by atoms with E-state index in [4.69, 9.17) is 22.1 Å². The van der Waals surface area contributed by atoms with Crippen LogP contribution in [0.1, 0.15) is 23.2 Å². The van der Waals surface area contributed by atoms with Crippen LogP contribution in [0, 0.1) is 5.41 Å². The summed E-state index contributed by atoms with van der Waals surface area (Å²) in [7, 11) is 3.30. The number of halogens is 2. The molecule has 1 aromatic carbocycles. The summed E-state index contributed by atoms with van der Waals surface area (Å²) >= 11 is 6.08. The second-order valence-electron chi connectivity index (χ2n) is 5.95. The van der Waals surface area contributed by atoms with Gasteiger partial charge in [0.15, 0.2) is 0 Å². The number of carbonyl (C=O) groups is 2. The standard InChI is InChI=1S/C16H22ClN3O3.ClH/c1-20(2)14(21)12-9-11(3-4-13(12)17)19-15(22)16(10-18)5-7-23-8-6-16;/h3-4,9H,5-8,10,18H2,1-2H3,(H,19,22);1H. The SMILES string of the molecule is CN(C)C(=O)c1cc(NC(=O)C2(CN)CCOCC2)ccc1Cl.Cl. The average molecular weight is 376 g/mol. The number of nitrogens with zero attached hydrogens (tertiary/aromatic N) is 1. The van der Waals surface area contributed by atoms with Gasteiger partial charge >= 0.3 is 0 Å². The van der Waals surface area contributed by atoms with Crippen molar-refractivity contribution >= 4 is 41.5 Å². The van der Waals surface area contributed by atoms with Crippen molar-refractivity contribution in [3.8, 4) is 0 Å². The van der Waals surface area contributed by atoms with E-state index in [1.54, 1.807) is 32.3 Å². The van der Waals surface area contributed by atoms with Crippen molar-refractivity contribution in [1.82, 2.24) is 4.90 Å². The van der Waals surface area contributed by atoms with E-state index in [2.05, 4.69) is 5.32 Å². The van der Waals surface area contributed by atoms with Crippen molar-refractivity contribution in [2.45, 2.75) is 12.8 Å². The van der Waals surface area contributed by atoms with E-state index >= 15 is 0 Å². The number of benzene rings is 1. The van der Waals surface area contributed by atoms with E-state index in [0.717, 1.165) is 0 Å². The molecule has 2 rings (SSSR count). The number of rotatable bonds is 4. The van der Waals surface area contributed by atoms with Crippen LogP contribution in [-0.4, -0.2) is 50.6 Å². The van der Waals surface area contributed by atoms with Gasteiger partial charge in [0.1, 0.15) is 0 Å². The normalized spacial score (nSPS) is 16.0. The van der Waals surface area contributed by atoms with E-state index in [1.807, 2.05) is 0 Å². The van der Waals surface area contributed by atoms with Gasteiger partial charge < -0.3 is 20.7 Å². The Balaban J connectivity index is 0.00000288. The van der Waals surface area contributed by atoms with Crippen LogP contribution in [0.3, 0.4) is 0 Å². The molecule has 0 saturated carbocycles. The van der Waals surface area contributed by atoms with Gasteiger partial charge in [0.05, 0.1) is 16.0 Å². The van der Waals surface area contributed by atoms with Gasteiger partial charge in [0.25, 0.3) is 5.91 Å². The Labute approximate surface area is 153 Å². The zero-order valence-corrected chi connectivity index (χ0v) is 15.4. The predicted octanol–water partition coefficient (Wildman–Crippen LogP) is 2.16. The number of carbonyl (C=O) groups excluding carboxylic acids is 2. The summed E-state index contributed by atoms with van der Waals surface area (Å²) < 4.78 is 5.32. The van der Waals surface area contributed by atoms with Gasteiger partial charge in [0.2, 0.25) is 5.91 Å². The van der Waals surface area contributed by atoms with Gasteiger partial charge in [-0.1, -0.05) is 11.6 Å². The molecular weight excluding hydrogens is 353 g/mol. The topological polar surface area (TPSA) is 84.7 Å². The molecule has 1 fully saturated rings. The molecule has 2 amide bonds. The smallest absolute Gasteiger partial charge is 0.254 e. The highest BCUT2D eigenvalue weighted by Crippen LogP contribution is 2.31. The number of anilines is 1. The molecule has 1 aliphatic rings. The Morgan fingerprint density at radius 1 is 1.33 bits per heavy atom. The summed E-state index contributed by atoms with van der Waals surface area (Å²) in [5.74, 6) is -0.362. The average Bonchev–Trinajstić information content (AvgIpc) is 2.56. The lowest BCUT2D eigenvalue weighted by molar-refractivity contribution is -0.130. The highest BCUT2D eigenvalue weighted by molar-refractivity contribution is 6.34. The molecule has 24 heavy (non-hydrogen) atoms. The minimum absolute atomic E-state index is 0. The third-order valence-corrected chi connectivity index (χ3v) is 4.51. The second kappa shape index (κ2) is 8.67. The maximum atomic E-state index is 12.6. The molecule has 1 aromatic rings. The van der Waals surface area contributed by atoms with Crippen molar-refractivity contribution < 1.29 is 14.3 Å². The summed E-state index contributed by atoms with van der Waals surface area (Å²) in [6, 6.07) is 4.87. The second-order valence-corrected chi connectivity index (χ2v) is 6.35. The molecular formula is C16H23Cl2N3O3. The zero-order chi connectivity index (χ0) is 17.0. The number of amides is 2. The van der Waals surface area contributed by atoms with Crippen molar-refractivity contribution in [2.24, 2.45) is 11.1 Å². The number of hydrogen-bond donors (Lipinski definition) is 2. The van der Waals surface area contributed by atoms with Crippen LogP contribution >= 0.6 is 24.0 Å². The monoisotopic (exact) mass is 375 g/mol. The molecule has 1 aliphatic heterocycles. The van der Waals surface area contributed by atoms with Crippen molar-refractivity contribution in [3.63, 3.8) is 0 Å². The fourth-order valence-corrected chi connectivity index (χ4v) is 2.76. The number of nitrogens with two attached hydrogens (primary N) is 1. The molecule has 8 heteroatoms. The van der Waals surface area contributed by atoms with Crippen molar-refractivity contribution in [1.29, 1.82) is 0 Å². The molecule has 0 radical (unpaired) electrons. The van der Waals surface area contributed by atoms with Gasteiger partial charge in [0, 0.05) is 39.5 Å². The van der Waals surface area contributed by atoms with E-state index in [9.17, 15) is 9.59 Å². The van der Waals surface area contributed by atoms with Crippen LogP contribution in [0.2, 0.25) is 5.02 Å². The van der Waals surface area contributed by atoms with Gasteiger partial charge in [-0.2, -0.15) is 0 Å². The Kier molecular flexibility index (Phi) is 7.48. The maximum absolute atomic E-state index is 12.6. The summed E-state index contributed by atoms with van der Waals surface area (Å²) in [5, 5.41) is 3.21. The number of ether oxygens (including phenoxy) is 1. The zero-order valence-electron chi connectivity index (χ0n) is 13.8. The van der Waals surface area contributed by atoms with E-state index < -0.39 is 5.41 Å². The third kappa shape index (κ3) is 4.39. The molecule has 0 bridgehead atoms. The molecule has 0 atom stereocenters. The first-order valence-electron chi connectivity index (χ1n) is 7.50. The first kappa shape index (κ1) is 20.7. The molecule has 1 heterocycles. The molecule has 1 saturated heterocycles. The minimum atomic E-state index is -0.621. The molecule has 0 spiro atoms. The first-order chi connectivity index (χ1) is 10.9. The lowest BCUT2D eigenvalue weighted by Gasteiger charge is -2.34. The summed E-state index contributed by atoms with van der Waals surface area (Å²) in [6.45, 7) is 1.31. The molecule has 0 unspecified atom stereocenters. The van der Waals surface area contributed by atoms with E-state index in [1.165, 1.54) is 4.90 Å². The van der Waals surface area contributed by atoms with Gasteiger partial charge in [-0.25, -0.2) is 0 Å². The Morgan fingerprint density at radius 3 is 2.50 bits per heavy atom. The van der Waals surface area contributed by atoms with E-state index in [0.29, 0.717) is 42.3 Å². The van der Waals surface area contributed by atoms with Crippen molar-refractivity contribution in [3.05, 3.63) is 28.8 Å². The molecule has 134 valence electrons. The largest absolute Gasteiger partial charge is 0.381 e. The quantitative estimate of drug-likeness (QED) is 0.844. The van der Waals surface area contributed by atoms with Crippen LogP contribution in [0.25, 0.3) is 0 Å². The van der Waals surface area contributed by atoms with Crippen LogP contribution in [0.5, 0.6) is 0 Å². The summed E-state index contributed by atoms with van der Waals surface area (Å²) in [4.78, 5) is 26.2. The molecule has 6 nitrogen and oxygen atoms in total. The molecule has 0 aliphatic carbocycles. The lowest BCUT2D eigenvalue weighted by Crippen LogP contribution is -2.46. The summed E-state index contributed by atoms with van der Waals surface area (Å²) in [5.41, 5.74) is 6.10. The predicted molar refractivity (Wildman–Crippen MR) is 96.9 cm³/mol. The Bertz CT molecular complexity index is 602. The molecule has 3 N–H and O–H groups in total. The van der Waals surface area contributed by atoms with Crippen molar-refractivity contribution in [2.75, 3.05) is 39.2 Å². The van der Waals surface area contributed by atoms with E-state index in [-0.39, 0.29) is 30.8 Å². The van der Waals surface area contributed by atoms with Crippen LogP contribution in [0.15, 0.2) is 18.2 Å². The Morgan fingerprint density at radius 2 is 1.96 bits per heavy atom. The summed E-state index contributed by atoms with van der Waals surface area (Å²) in [6.07, 6.45) is 1.18. The third-order valence-electron chi connectivity index (χ3n) is 4.18. The fraction of sp³-hybridized carbons (Fsp3) is 0.500. The fourth-order valence-electron chi connectivity index (χ4n) is 2.56. The number of nitrogens with one attached hydrogen (secondary N) is 1. The van der Waals surface area contributed by atoms with Crippen LogP contribution < -0.4 is 11.1 Å². The van der Waals surface area contributed by atoms with Gasteiger partial charge in [-0.05, 0) is 31.0 Å². The minimum Gasteiger partial charge on any atom is -0.381 e. The van der Waals surface area contributed by atoms with Gasteiger partial charge in [-0.15, -0.1) is 12.4 Å². The van der Waals surface area contributed by atoms with Gasteiger partial charge in [-0.3, -0.25) is 9.59 Å². The highest BCUT2D eigenvalue weighted by atomic mass is 35.5. The van der Waals surface area contributed by atoms with Crippen LogP contribution in [0.4, 0.5) is 5.69 Å². The first-order valence-corrected chi connectivity index (χ1v) is 7.88. The Hall–Kier alpha value is -1.34. The lowest BCUT2D eigenvalue weighted by atomic mass is 9.79. The highest BCUT2D eigenvalue weighted by Gasteiger charge is 2.38.